The number of carbonyl (C=O) groups is 1. The molecule has 2 heterocycles. The molecule has 2 aromatic carbocycles. The van der Waals surface area contributed by atoms with Crippen molar-refractivity contribution in [2.45, 2.75) is 18.9 Å². The van der Waals surface area contributed by atoms with Crippen LogP contribution >= 0.6 is 27.3 Å². The van der Waals surface area contributed by atoms with E-state index in [9.17, 15) is 4.79 Å². The van der Waals surface area contributed by atoms with Crippen molar-refractivity contribution in [3.8, 4) is 5.75 Å². The highest BCUT2D eigenvalue weighted by Gasteiger charge is 2.32. The number of benzene rings is 2. The number of rotatable bonds is 4. The highest BCUT2D eigenvalue weighted by Crippen LogP contribution is 2.36. The maximum absolute atomic E-state index is 12.7. The summed E-state index contributed by atoms with van der Waals surface area (Å²) in [6.07, 6.45) is 1.97. The average Bonchev–Trinajstić information content (AvgIpc) is 3.27. The van der Waals surface area contributed by atoms with Gasteiger partial charge in [-0.3, -0.25) is 4.79 Å². The number of carbonyl (C=O) groups excluding carboxylic acids is 1. The van der Waals surface area contributed by atoms with Gasteiger partial charge in [-0.05, 0) is 49.2 Å². The Hall–Kier alpha value is -1.92. The largest absolute Gasteiger partial charge is 0.484 e. The van der Waals surface area contributed by atoms with Crippen LogP contribution in [0.5, 0.6) is 5.75 Å². The fourth-order valence-electron chi connectivity index (χ4n) is 3.11. The molecule has 0 bridgehead atoms. The van der Waals surface area contributed by atoms with Gasteiger partial charge in [-0.25, -0.2) is 4.98 Å². The summed E-state index contributed by atoms with van der Waals surface area (Å²) in [4.78, 5) is 19.3. The van der Waals surface area contributed by atoms with Crippen LogP contribution in [0.15, 0.2) is 53.0 Å². The summed E-state index contributed by atoms with van der Waals surface area (Å²) < 4.78 is 7.81. The molecule has 1 aromatic heterocycles. The summed E-state index contributed by atoms with van der Waals surface area (Å²) in [6.45, 7) is 0.826. The molecule has 0 N–H and O–H groups in total. The molecule has 1 saturated heterocycles. The van der Waals surface area contributed by atoms with Crippen LogP contribution in [0, 0.1) is 0 Å². The zero-order valence-electron chi connectivity index (χ0n) is 13.5. The number of amides is 1. The first kappa shape index (κ1) is 16.5. The van der Waals surface area contributed by atoms with Crippen LogP contribution in [-0.2, 0) is 4.79 Å². The summed E-state index contributed by atoms with van der Waals surface area (Å²) in [7, 11) is 0. The molecule has 128 valence electrons. The van der Waals surface area contributed by atoms with Gasteiger partial charge >= 0.3 is 0 Å². The van der Waals surface area contributed by atoms with Gasteiger partial charge in [-0.15, -0.1) is 11.3 Å². The maximum atomic E-state index is 12.7. The van der Waals surface area contributed by atoms with E-state index in [4.69, 9.17) is 9.72 Å². The number of likely N-dealkylation sites (tertiary alicyclic amines) is 1. The molecule has 3 aromatic rings. The van der Waals surface area contributed by atoms with Crippen molar-refractivity contribution in [2.24, 2.45) is 0 Å². The number of fused-ring (bicyclic) bond motifs is 1. The number of halogens is 1. The summed E-state index contributed by atoms with van der Waals surface area (Å²) in [5, 5.41) is 1.02. The molecule has 1 amide bonds. The minimum Gasteiger partial charge on any atom is -0.484 e. The Labute approximate surface area is 158 Å². The Balaban J connectivity index is 1.46. The van der Waals surface area contributed by atoms with Crippen LogP contribution in [0.2, 0.25) is 0 Å². The Bertz CT molecular complexity index is 861. The highest BCUT2D eigenvalue weighted by atomic mass is 79.9. The Kier molecular flexibility index (Phi) is 4.72. The number of nitrogens with zero attached hydrogens (tertiary/aromatic N) is 2. The van der Waals surface area contributed by atoms with Crippen LogP contribution in [0.3, 0.4) is 0 Å². The van der Waals surface area contributed by atoms with Crippen molar-refractivity contribution in [1.29, 1.82) is 0 Å². The topological polar surface area (TPSA) is 42.4 Å². The number of thiazole rings is 1. The van der Waals surface area contributed by atoms with Crippen LogP contribution in [0.4, 0.5) is 0 Å². The standard InChI is InChI=1S/C19H17BrN2O2S/c20-13-7-9-14(10-8-13)24-12-18(23)22-11-3-5-16(22)19-21-15-4-1-2-6-17(15)25-19/h1-2,4,6-10,16H,3,5,11-12H2. The lowest BCUT2D eigenvalue weighted by Gasteiger charge is -2.23. The Morgan fingerprint density at radius 2 is 2.04 bits per heavy atom. The molecule has 0 radical (unpaired) electrons. The molecule has 1 fully saturated rings. The fraction of sp³-hybridized carbons (Fsp3) is 0.263. The van der Waals surface area contributed by atoms with Gasteiger partial charge in [0.15, 0.2) is 6.61 Å². The normalized spacial score (nSPS) is 17.2. The molecule has 25 heavy (non-hydrogen) atoms. The first-order valence-corrected chi connectivity index (χ1v) is 9.85. The molecule has 1 atom stereocenters. The van der Waals surface area contributed by atoms with Crippen molar-refractivity contribution in [3.63, 3.8) is 0 Å². The molecule has 6 heteroatoms. The van der Waals surface area contributed by atoms with Crippen LogP contribution in [0.25, 0.3) is 10.2 Å². The second-order valence-electron chi connectivity index (χ2n) is 6.01. The molecule has 1 aliphatic heterocycles. The zero-order valence-corrected chi connectivity index (χ0v) is 15.9. The molecule has 4 nitrogen and oxygen atoms in total. The number of hydrogen-bond donors (Lipinski definition) is 0. The third kappa shape index (κ3) is 3.55. The van der Waals surface area contributed by atoms with Crippen LogP contribution < -0.4 is 4.74 Å². The van der Waals surface area contributed by atoms with Gasteiger partial charge < -0.3 is 9.64 Å². The number of hydrogen-bond acceptors (Lipinski definition) is 4. The summed E-state index contributed by atoms with van der Waals surface area (Å²) in [5.41, 5.74) is 1.01. The molecule has 0 saturated carbocycles. The fourth-order valence-corrected chi connectivity index (χ4v) is 4.49. The molecular formula is C19H17BrN2O2S. The van der Waals surface area contributed by atoms with Gasteiger partial charge in [0.1, 0.15) is 10.8 Å². The van der Waals surface area contributed by atoms with Crippen LogP contribution in [-0.4, -0.2) is 28.9 Å². The second kappa shape index (κ2) is 7.14. The van der Waals surface area contributed by atoms with Crippen molar-refractivity contribution in [2.75, 3.05) is 13.2 Å². The molecule has 0 spiro atoms. The van der Waals surface area contributed by atoms with E-state index in [0.29, 0.717) is 5.75 Å². The van der Waals surface area contributed by atoms with E-state index in [1.807, 2.05) is 47.4 Å². The lowest BCUT2D eigenvalue weighted by atomic mass is 10.2. The van der Waals surface area contributed by atoms with Gasteiger partial charge in [0.2, 0.25) is 0 Å². The molecule has 1 unspecified atom stereocenters. The van der Waals surface area contributed by atoms with Gasteiger partial charge in [0.05, 0.1) is 16.3 Å². The molecule has 1 aliphatic rings. The number of ether oxygens (including phenoxy) is 1. The van der Waals surface area contributed by atoms with E-state index < -0.39 is 0 Å². The third-order valence-corrected chi connectivity index (χ3v) is 6.01. The van der Waals surface area contributed by atoms with Gasteiger partial charge in [-0.2, -0.15) is 0 Å². The summed E-state index contributed by atoms with van der Waals surface area (Å²) >= 11 is 5.07. The van der Waals surface area contributed by atoms with Gasteiger partial charge in [0.25, 0.3) is 5.91 Å². The summed E-state index contributed by atoms with van der Waals surface area (Å²) in [6, 6.07) is 15.7. The first-order chi connectivity index (χ1) is 12.2. The number of para-hydroxylation sites is 1. The monoisotopic (exact) mass is 416 g/mol. The van der Waals surface area contributed by atoms with Crippen LogP contribution in [0.1, 0.15) is 23.9 Å². The SMILES string of the molecule is O=C(COc1ccc(Br)cc1)N1CCCC1c1nc2ccccc2s1. The molecular weight excluding hydrogens is 400 g/mol. The second-order valence-corrected chi connectivity index (χ2v) is 7.99. The van der Waals surface area contributed by atoms with Crippen molar-refractivity contribution >= 4 is 43.4 Å². The Morgan fingerprint density at radius 1 is 1.24 bits per heavy atom. The van der Waals surface area contributed by atoms with Crippen molar-refractivity contribution in [3.05, 3.63) is 58.0 Å². The summed E-state index contributed by atoms with van der Waals surface area (Å²) in [5.74, 6) is 0.719. The minimum atomic E-state index is 0.0182. The lowest BCUT2D eigenvalue weighted by molar-refractivity contribution is -0.134. The average molecular weight is 417 g/mol. The van der Waals surface area contributed by atoms with E-state index in [0.717, 1.165) is 34.4 Å². The highest BCUT2D eigenvalue weighted by molar-refractivity contribution is 9.10. The minimum absolute atomic E-state index is 0.0182. The smallest absolute Gasteiger partial charge is 0.261 e. The predicted molar refractivity (Wildman–Crippen MR) is 103 cm³/mol. The maximum Gasteiger partial charge on any atom is 0.261 e. The van der Waals surface area contributed by atoms with Gasteiger partial charge in [-0.1, -0.05) is 28.1 Å². The van der Waals surface area contributed by atoms with Crippen molar-refractivity contribution in [1.82, 2.24) is 9.88 Å². The molecule has 0 aliphatic carbocycles. The van der Waals surface area contributed by atoms with E-state index in [1.54, 1.807) is 11.3 Å². The number of aromatic nitrogens is 1. The van der Waals surface area contributed by atoms with E-state index in [1.165, 1.54) is 4.70 Å². The Morgan fingerprint density at radius 3 is 2.84 bits per heavy atom. The quantitative estimate of drug-likeness (QED) is 0.613. The zero-order chi connectivity index (χ0) is 17.2. The molecule has 4 rings (SSSR count). The van der Waals surface area contributed by atoms with E-state index in [2.05, 4.69) is 22.0 Å². The van der Waals surface area contributed by atoms with Crippen molar-refractivity contribution < 1.29 is 9.53 Å². The van der Waals surface area contributed by atoms with E-state index in [-0.39, 0.29) is 18.6 Å². The van der Waals surface area contributed by atoms with Gasteiger partial charge in [0, 0.05) is 11.0 Å². The third-order valence-electron chi connectivity index (χ3n) is 4.34. The first-order valence-electron chi connectivity index (χ1n) is 8.24. The van der Waals surface area contributed by atoms with E-state index >= 15 is 0 Å². The predicted octanol–water partition coefficient (Wildman–Crippen LogP) is 4.80. The lowest BCUT2D eigenvalue weighted by Crippen LogP contribution is -2.34.